The van der Waals surface area contributed by atoms with Crippen LogP contribution in [0.25, 0.3) is 0 Å². The number of hydrogen-bond acceptors (Lipinski definition) is 0. The summed E-state index contributed by atoms with van der Waals surface area (Å²) in [4.78, 5) is 0. The van der Waals surface area contributed by atoms with Crippen LogP contribution in [0.4, 0.5) is 0 Å². The van der Waals surface area contributed by atoms with E-state index in [-0.39, 0.29) is 5.48 Å². The first kappa shape index (κ1) is 9.96. The van der Waals surface area contributed by atoms with Gasteiger partial charge in [-0.25, -0.2) is 0 Å². The topological polar surface area (TPSA) is 31.5 Å². The fraction of sp³-hybridized carbons (Fsp3) is 1.00. The maximum atomic E-state index is 2.40. The molecule has 1 rings (SSSR count). The standard InChI is InChI=1S/C9H18.H2O/c1-8-6-4-3-5-7-9(8)2;/h8-9H,3-7H2,1-2H3;1H2. The monoisotopic (exact) mass is 144 g/mol. The fourth-order valence-electron chi connectivity index (χ4n) is 1.68. The Kier molecular flexibility index (Phi) is 4.71. The third-order valence-corrected chi connectivity index (χ3v) is 2.79. The average Bonchev–Trinajstić information content (AvgIpc) is 1.99. The summed E-state index contributed by atoms with van der Waals surface area (Å²) in [5, 5.41) is 0. The van der Waals surface area contributed by atoms with Crippen LogP contribution in [-0.4, -0.2) is 5.48 Å². The molecule has 0 saturated heterocycles. The summed E-state index contributed by atoms with van der Waals surface area (Å²) in [5.41, 5.74) is 0. The van der Waals surface area contributed by atoms with Gasteiger partial charge in [0.05, 0.1) is 0 Å². The Morgan fingerprint density at radius 1 is 0.800 bits per heavy atom. The van der Waals surface area contributed by atoms with Gasteiger partial charge in [-0.15, -0.1) is 0 Å². The van der Waals surface area contributed by atoms with Crippen LogP contribution in [0, 0.1) is 11.8 Å². The fourth-order valence-corrected chi connectivity index (χ4v) is 1.68. The maximum Gasteiger partial charge on any atom is -0.0417 e. The zero-order chi connectivity index (χ0) is 6.69. The first-order valence-electron chi connectivity index (χ1n) is 4.30. The summed E-state index contributed by atoms with van der Waals surface area (Å²) < 4.78 is 0. The highest BCUT2D eigenvalue weighted by molar-refractivity contribution is 4.66. The lowest BCUT2D eigenvalue weighted by Gasteiger charge is -2.14. The molecule has 0 heterocycles. The third kappa shape index (κ3) is 2.70. The second-order valence-corrected chi connectivity index (χ2v) is 3.59. The molecule has 0 spiro atoms. The van der Waals surface area contributed by atoms with E-state index < -0.39 is 0 Å². The van der Waals surface area contributed by atoms with Gasteiger partial charge >= 0.3 is 0 Å². The van der Waals surface area contributed by atoms with Crippen LogP contribution in [0.1, 0.15) is 46.0 Å². The van der Waals surface area contributed by atoms with E-state index >= 15 is 0 Å². The van der Waals surface area contributed by atoms with Crippen molar-refractivity contribution in [2.45, 2.75) is 46.0 Å². The molecule has 1 aliphatic rings. The lowest BCUT2D eigenvalue weighted by Crippen LogP contribution is -2.04. The van der Waals surface area contributed by atoms with Crippen molar-refractivity contribution in [1.82, 2.24) is 0 Å². The molecule has 2 atom stereocenters. The first-order valence-corrected chi connectivity index (χ1v) is 4.30. The van der Waals surface area contributed by atoms with Crippen LogP contribution in [0.2, 0.25) is 0 Å². The van der Waals surface area contributed by atoms with Crippen LogP contribution < -0.4 is 0 Å². The van der Waals surface area contributed by atoms with E-state index in [9.17, 15) is 0 Å². The van der Waals surface area contributed by atoms with Crippen molar-refractivity contribution < 1.29 is 5.48 Å². The van der Waals surface area contributed by atoms with Gasteiger partial charge in [-0.2, -0.15) is 0 Å². The maximum absolute atomic E-state index is 2.40. The van der Waals surface area contributed by atoms with Crippen molar-refractivity contribution >= 4 is 0 Å². The van der Waals surface area contributed by atoms with E-state index in [0.717, 1.165) is 11.8 Å². The largest absolute Gasteiger partial charge is 0.412 e. The summed E-state index contributed by atoms with van der Waals surface area (Å²) in [6, 6.07) is 0. The second-order valence-electron chi connectivity index (χ2n) is 3.59. The zero-order valence-corrected chi connectivity index (χ0v) is 7.19. The highest BCUT2D eigenvalue weighted by Gasteiger charge is 2.14. The van der Waals surface area contributed by atoms with E-state index in [1.807, 2.05) is 0 Å². The minimum Gasteiger partial charge on any atom is -0.412 e. The van der Waals surface area contributed by atoms with E-state index in [2.05, 4.69) is 13.8 Å². The van der Waals surface area contributed by atoms with Crippen LogP contribution in [-0.2, 0) is 0 Å². The molecule has 1 heteroatoms. The highest BCUT2D eigenvalue weighted by Crippen LogP contribution is 2.27. The first-order chi connectivity index (χ1) is 4.30. The van der Waals surface area contributed by atoms with Gasteiger partial charge in [0.2, 0.25) is 0 Å². The Balaban J connectivity index is 0.000000810. The molecule has 1 aliphatic carbocycles. The van der Waals surface area contributed by atoms with Gasteiger partial charge in [0, 0.05) is 0 Å². The van der Waals surface area contributed by atoms with Gasteiger partial charge in [-0.05, 0) is 11.8 Å². The van der Waals surface area contributed by atoms with Gasteiger partial charge in [-0.1, -0.05) is 46.0 Å². The molecule has 1 nitrogen and oxygen atoms in total. The zero-order valence-electron chi connectivity index (χ0n) is 7.19. The average molecular weight is 144 g/mol. The van der Waals surface area contributed by atoms with Crippen LogP contribution in [0.15, 0.2) is 0 Å². The normalized spacial score (nSPS) is 34.2. The van der Waals surface area contributed by atoms with Gasteiger partial charge in [0.1, 0.15) is 0 Å². The summed E-state index contributed by atoms with van der Waals surface area (Å²) in [5.74, 6) is 1.99. The van der Waals surface area contributed by atoms with E-state index in [0.29, 0.717) is 0 Å². The van der Waals surface area contributed by atoms with Crippen molar-refractivity contribution in [3.8, 4) is 0 Å². The molecule has 0 aliphatic heterocycles. The molecule has 10 heavy (non-hydrogen) atoms. The quantitative estimate of drug-likeness (QED) is 0.468. The van der Waals surface area contributed by atoms with Gasteiger partial charge in [0.25, 0.3) is 0 Å². The van der Waals surface area contributed by atoms with E-state index in [4.69, 9.17) is 0 Å². The minimum atomic E-state index is 0. The minimum absolute atomic E-state index is 0. The third-order valence-electron chi connectivity index (χ3n) is 2.79. The lowest BCUT2D eigenvalue weighted by atomic mass is 9.92. The molecule has 0 amide bonds. The molecule has 0 aromatic rings. The van der Waals surface area contributed by atoms with Crippen LogP contribution in [0.5, 0.6) is 0 Å². The van der Waals surface area contributed by atoms with Gasteiger partial charge in [0.15, 0.2) is 0 Å². The van der Waals surface area contributed by atoms with E-state index in [1.54, 1.807) is 0 Å². The Hall–Kier alpha value is -0.0400. The number of hydrogen-bond donors (Lipinski definition) is 0. The molecule has 0 aromatic carbocycles. The predicted molar refractivity (Wildman–Crippen MR) is 45.0 cm³/mol. The summed E-state index contributed by atoms with van der Waals surface area (Å²) in [6.07, 6.45) is 7.38. The molecular weight excluding hydrogens is 124 g/mol. The Bertz CT molecular complexity index is 70.8. The molecular formula is C9H20O. The van der Waals surface area contributed by atoms with Crippen molar-refractivity contribution in [1.29, 1.82) is 0 Å². The highest BCUT2D eigenvalue weighted by atomic mass is 16.0. The Labute approximate surface area is 64.1 Å². The summed E-state index contributed by atoms with van der Waals surface area (Å²) in [7, 11) is 0. The molecule has 1 fully saturated rings. The molecule has 2 N–H and O–H groups in total. The molecule has 62 valence electrons. The van der Waals surface area contributed by atoms with E-state index in [1.165, 1.54) is 32.1 Å². The van der Waals surface area contributed by atoms with Crippen LogP contribution >= 0.6 is 0 Å². The SMILES string of the molecule is CC1CCCCCC1C.O. The smallest absolute Gasteiger partial charge is 0.0417 e. The Morgan fingerprint density at radius 2 is 1.20 bits per heavy atom. The van der Waals surface area contributed by atoms with Gasteiger partial charge in [-0.3, -0.25) is 0 Å². The number of rotatable bonds is 0. The molecule has 2 unspecified atom stereocenters. The van der Waals surface area contributed by atoms with Gasteiger partial charge < -0.3 is 5.48 Å². The summed E-state index contributed by atoms with van der Waals surface area (Å²) >= 11 is 0. The van der Waals surface area contributed by atoms with Crippen molar-refractivity contribution in [2.75, 3.05) is 0 Å². The van der Waals surface area contributed by atoms with Crippen molar-refractivity contribution in [3.05, 3.63) is 0 Å². The molecule has 1 saturated carbocycles. The second kappa shape index (κ2) is 4.73. The molecule has 0 radical (unpaired) electrons. The molecule has 0 aromatic heterocycles. The van der Waals surface area contributed by atoms with Crippen LogP contribution in [0.3, 0.4) is 0 Å². The predicted octanol–water partition coefficient (Wildman–Crippen LogP) is 2.40. The summed E-state index contributed by atoms with van der Waals surface area (Å²) in [6.45, 7) is 4.80. The Morgan fingerprint density at radius 3 is 1.60 bits per heavy atom. The molecule has 0 bridgehead atoms. The van der Waals surface area contributed by atoms with Crippen molar-refractivity contribution in [2.24, 2.45) is 11.8 Å². The van der Waals surface area contributed by atoms with Crippen molar-refractivity contribution in [3.63, 3.8) is 0 Å². The lowest BCUT2D eigenvalue weighted by molar-refractivity contribution is 0.367.